The smallest absolute Gasteiger partial charge is 0.346 e. The Bertz CT molecular complexity index is 1210. The number of hydrogen-bond donors (Lipinski definition) is 1. The number of alkyl halides is 5. The number of nitrogens with zero attached hydrogens (tertiary/aromatic N) is 1. The lowest BCUT2D eigenvalue weighted by Gasteiger charge is -2.19. The fourth-order valence-corrected chi connectivity index (χ4v) is 3.57. The third kappa shape index (κ3) is 5.96. The number of ketones is 1. The summed E-state index contributed by atoms with van der Waals surface area (Å²) >= 11 is 6.03. The fourth-order valence-electron chi connectivity index (χ4n) is 3.27. The zero-order chi connectivity index (χ0) is 25.1. The van der Waals surface area contributed by atoms with Crippen LogP contribution in [0.15, 0.2) is 60.8 Å². The number of pyridine rings is 1. The summed E-state index contributed by atoms with van der Waals surface area (Å²) in [4.78, 5) is 27.1. The van der Waals surface area contributed by atoms with E-state index in [2.05, 4.69) is 4.98 Å². The van der Waals surface area contributed by atoms with Gasteiger partial charge in [-0.2, -0.15) is 22.0 Å². The van der Waals surface area contributed by atoms with Gasteiger partial charge >= 0.3 is 12.1 Å². The minimum Gasteiger partial charge on any atom is -0.346 e. The van der Waals surface area contributed by atoms with E-state index in [-0.39, 0.29) is 17.2 Å². The minimum atomic E-state index is -4.82. The number of carbonyl (C=O) groups excluding carboxylic acids is 2. The lowest BCUT2D eigenvalue weighted by molar-refractivity contribution is -0.138. The number of nitrogens with one attached hydrogen (secondary N) is 1. The van der Waals surface area contributed by atoms with Crippen molar-refractivity contribution in [3.63, 3.8) is 0 Å². The van der Waals surface area contributed by atoms with Crippen molar-refractivity contribution in [3.8, 4) is 11.1 Å². The average Bonchev–Trinajstić information content (AvgIpc) is 2.77. The van der Waals surface area contributed by atoms with Crippen LogP contribution in [0.2, 0.25) is 5.02 Å². The standard InChI is InChI=1S/C24H18ClF5N2O2/c1-14(33)10-15-6-8-16(9-7-15)17-11-20(25)21(31-12-17)23(26,27)13-32-22(34)18-4-2-3-5-19(18)24(28,29)30/h2-9,11-12H,10,13H2,1H3,(H,32,34). The van der Waals surface area contributed by atoms with Gasteiger partial charge in [0.15, 0.2) is 0 Å². The molecule has 3 aromatic rings. The van der Waals surface area contributed by atoms with E-state index in [1.807, 2.05) is 5.32 Å². The van der Waals surface area contributed by atoms with Gasteiger partial charge in [-0.25, -0.2) is 0 Å². The van der Waals surface area contributed by atoms with Crippen LogP contribution in [0.1, 0.15) is 34.1 Å². The first-order chi connectivity index (χ1) is 15.9. The Balaban J connectivity index is 1.76. The van der Waals surface area contributed by atoms with Crippen LogP contribution in [0.3, 0.4) is 0 Å². The topological polar surface area (TPSA) is 59.1 Å². The molecular formula is C24H18ClF5N2O2. The molecule has 0 saturated carbocycles. The average molecular weight is 497 g/mol. The molecule has 0 atom stereocenters. The van der Waals surface area contributed by atoms with Crippen LogP contribution in [0.5, 0.6) is 0 Å². The molecule has 0 spiro atoms. The van der Waals surface area contributed by atoms with Gasteiger partial charge in [0, 0.05) is 18.2 Å². The van der Waals surface area contributed by atoms with Crippen molar-refractivity contribution in [2.75, 3.05) is 6.54 Å². The van der Waals surface area contributed by atoms with Crippen LogP contribution in [-0.2, 0) is 23.3 Å². The predicted molar refractivity (Wildman–Crippen MR) is 117 cm³/mol. The van der Waals surface area contributed by atoms with Crippen LogP contribution in [0, 0.1) is 0 Å². The van der Waals surface area contributed by atoms with Gasteiger partial charge in [0.05, 0.1) is 22.7 Å². The number of amides is 1. The highest BCUT2D eigenvalue weighted by Crippen LogP contribution is 2.35. The lowest BCUT2D eigenvalue weighted by Crippen LogP contribution is -2.36. The van der Waals surface area contributed by atoms with Crippen molar-refractivity contribution in [1.82, 2.24) is 10.3 Å². The predicted octanol–water partition coefficient (Wildman–Crippen LogP) is 6.07. The Hall–Kier alpha value is -3.33. The number of Topliss-reactive ketones (excluding diaryl/α,β-unsaturated/α-hetero) is 1. The molecule has 2 aromatic carbocycles. The van der Waals surface area contributed by atoms with E-state index in [9.17, 15) is 31.5 Å². The first kappa shape index (κ1) is 25.3. The molecule has 0 saturated heterocycles. The monoisotopic (exact) mass is 496 g/mol. The van der Waals surface area contributed by atoms with Gasteiger partial charge in [-0.05, 0) is 36.2 Å². The maximum atomic E-state index is 14.7. The molecule has 3 rings (SSSR count). The summed E-state index contributed by atoms with van der Waals surface area (Å²) in [5, 5.41) is 1.46. The molecule has 0 unspecified atom stereocenters. The van der Waals surface area contributed by atoms with E-state index >= 15 is 0 Å². The molecule has 0 bridgehead atoms. The molecular weight excluding hydrogens is 479 g/mol. The summed E-state index contributed by atoms with van der Waals surface area (Å²) in [6.45, 7) is 0.165. The fraction of sp³-hybridized carbons (Fsp3) is 0.208. The van der Waals surface area contributed by atoms with E-state index in [4.69, 9.17) is 11.6 Å². The van der Waals surface area contributed by atoms with E-state index in [0.29, 0.717) is 17.2 Å². The molecule has 10 heteroatoms. The van der Waals surface area contributed by atoms with Crippen molar-refractivity contribution in [3.05, 3.63) is 88.2 Å². The van der Waals surface area contributed by atoms with Gasteiger partial charge in [0.1, 0.15) is 11.5 Å². The highest BCUT2D eigenvalue weighted by atomic mass is 35.5. The molecule has 178 valence electrons. The second-order valence-corrected chi connectivity index (χ2v) is 7.97. The summed E-state index contributed by atoms with van der Waals surface area (Å²) in [5.41, 5.74) is -0.952. The van der Waals surface area contributed by atoms with Gasteiger partial charge in [-0.1, -0.05) is 48.0 Å². The molecule has 34 heavy (non-hydrogen) atoms. The van der Waals surface area contributed by atoms with Crippen LogP contribution in [0.25, 0.3) is 11.1 Å². The molecule has 1 heterocycles. The number of halogens is 6. The SMILES string of the molecule is CC(=O)Cc1ccc(-c2cnc(C(F)(F)CNC(=O)c3ccccc3C(F)(F)F)c(Cl)c2)cc1. The molecule has 1 amide bonds. The van der Waals surface area contributed by atoms with E-state index in [0.717, 1.165) is 17.7 Å². The third-order valence-electron chi connectivity index (χ3n) is 4.88. The first-order valence-corrected chi connectivity index (χ1v) is 10.3. The second kappa shape index (κ2) is 9.89. The van der Waals surface area contributed by atoms with E-state index in [1.165, 1.54) is 25.3 Å². The van der Waals surface area contributed by atoms with Gasteiger partial charge in [-0.15, -0.1) is 0 Å². The Morgan fingerprint density at radius 2 is 1.62 bits per heavy atom. The lowest BCUT2D eigenvalue weighted by atomic mass is 10.0. The number of aromatic nitrogens is 1. The van der Waals surface area contributed by atoms with Crippen molar-refractivity contribution in [2.45, 2.75) is 25.4 Å². The third-order valence-corrected chi connectivity index (χ3v) is 5.16. The summed E-state index contributed by atoms with van der Waals surface area (Å²) < 4.78 is 68.7. The second-order valence-electron chi connectivity index (χ2n) is 7.56. The molecule has 0 radical (unpaired) electrons. The highest BCUT2D eigenvalue weighted by molar-refractivity contribution is 6.31. The summed E-state index contributed by atoms with van der Waals surface area (Å²) in [6.07, 6.45) is -3.37. The van der Waals surface area contributed by atoms with Crippen LogP contribution in [-0.4, -0.2) is 23.2 Å². The van der Waals surface area contributed by atoms with E-state index < -0.39 is 41.4 Å². The normalized spacial score (nSPS) is 11.9. The molecule has 0 aliphatic heterocycles. The van der Waals surface area contributed by atoms with Gasteiger partial charge in [-0.3, -0.25) is 14.6 Å². The number of benzene rings is 2. The van der Waals surface area contributed by atoms with Crippen molar-refractivity contribution < 1.29 is 31.5 Å². The molecule has 4 nitrogen and oxygen atoms in total. The zero-order valence-electron chi connectivity index (χ0n) is 17.7. The Morgan fingerprint density at radius 1 is 0.971 bits per heavy atom. The van der Waals surface area contributed by atoms with Crippen LogP contribution >= 0.6 is 11.6 Å². The minimum absolute atomic E-state index is 0.00182. The zero-order valence-corrected chi connectivity index (χ0v) is 18.5. The number of carbonyl (C=O) groups is 2. The van der Waals surface area contributed by atoms with Crippen LogP contribution < -0.4 is 5.32 Å². The number of rotatable bonds is 7. The maximum absolute atomic E-state index is 14.7. The van der Waals surface area contributed by atoms with Crippen molar-refractivity contribution in [1.29, 1.82) is 0 Å². The molecule has 0 aliphatic rings. The van der Waals surface area contributed by atoms with Crippen molar-refractivity contribution in [2.24, 2.45) is 0 Å². The van der Waals surface area contributed by atoms with Gasteiger partial charge in [0.2, 0.25) is 0 Å². The quantitative estimate of drug-likeness (QED) is 0.404. The Labute approximate surface area is 196 Å². The largest absolute Gasteiger partial charge is 0.417 e. The number of hydrogen-bond acceptors (Lipinski definition) is 3. The molecule has 0 fully saturated rings. The Morgan fingerprint density at radius 3 is 2.21 bits per heavy atom. The molecule has 1 N–H and O–H groups in total. The summed E-state index contributed by atoms with van der Waals surface area (Å²) in [5.74, 6) is -5.05. The van der Waals surface area contributed by atoms with E-state index in [1.54, 1.807) is 24.3 Å². The summed E-state index contributed by atoms with van der Waals surface area (Å²) in [6, 6.07) is 12.0. The van der Waals surface area contributed by atoms with Crippen LogP contribution in [0.4, 0.5) is 22.0 Å². The molecule has 1 aromatic heterocycles. The highest BCUT2D eigenvalue weighted by Gasteiger charge is 2.38. The maximum Gasteiger partial charge on any atom is 0.417 e. The first-order valence-electron chi connectivity index (χ1n) is 9.95. The molecule has 0 aliphatic carbocycles. The summed E-state index contributed by atoms with van der Waals surface area (Å²) in [7, 11) is 0. The Kier molecular flexibility index (Phi) is 7.35. The van der Waals surface area contributed by atoms with Gasteiger partial charge in [0.25, 0.3) is 5.91 Å². The van der Waals surface area contributed by atoms with Crippen molar-refractivity contribution >= 4 is 23.3 Å². The van der Waals surface area contributed by atoms with Gasteiger partial charge < -0.3 is 5.32 Å².